The number of hydrogen-bond donors (Lipinski definition) is 1. The molecule has 7 heteroatoms. The zero-order valence-corrected chi connectivity index (χ0v) is 13.9. The quantitative estimate of drug-likeness (QED) is 0.892. The molecule has 0 aromatic heterocycles. The van der Waals surface area contributed by atoms with Crippen LogP contribution in [0.2, 0.25) is 0 Å². The predicted molar refractivity (Wildman–Crippen MR) is 93.5 cm³/mol. The highest BCUT2D eigenvalue weighted by molar-refractivity contribution is 6.02. The van der Waals surface area contributed by atoms with Crippen LogP contribution in [0.3, 0.4) is 0 Å². The molecule has 0 aliphatic carbocycles. The van der Waals surface area contributed by atoms with Gasteiger partial charge < -0.3 is 5.32 Å². The van der Waals surface area contributed by atoms with E-state index in [9.17, 15) is 18.4 Å². The Bertz CT molecular complexity index is 853. The minimum absolute atomic E-state index is 0.0415. The maximum absolute atomic E-state index is 13.5. The van der Waals surface area contributed by atoms with E-state index in [4.69, 9.17) is 0 Å². The van der Waals surface area contributed by atoms with E-state index in [0.29, 0.717) is 19.0 Å². The second-order valence-corrected chi connectivity index (χ2v) is 5.85. The van der Waals surface area contributed by atoms with Gasteiger partial charge in [-0.1, -0.05) is 30.3 Å². The lowest BCUT2D eigenvalue weighted by Crippen LogP contribution is -2.25. The van der Waals surface area contributed by atoms with E-state index >= 15 is 0 Å². The number of benzene rings is 2. The molecule has 0 unspecified atom stereocenters. The summed E-state index contributed by atoms with van der Waals surface area (Å²) in [6.07, 6.45) is 0.505. The van der Waals surface area contributed by atoms with Crippen molar-refractivity contribution in [1.82, 2.24) is 5.01 Å². The predicted octanol–water partition coefficient (Wildman–Crippen LogP) is 3.32. The number of hydrogen-bond acceptors (Lipinski definition) is 3. The maximum atomic E-state index is 13.5. The van der Waals surface area contributed by atoms with Crippen LogP contribution < -0.4 is 5.32 Å². The first-order valence-corrected chi connectivity index (χ1v) is 8.21. The van der Waals surface area contributed by atoms with Crippen molar-refractivity contribution < 1.29 is 18.4 Å². The third-order valence-electron chi connectivity index (χ3n) is 3.97. The first-order valence-electron chi connectivity index (χ1n) is 8.21. The van der Waals surface area contributed by atoms with Gasteiger partial charge in [0.25, 0.3) is 0 Å². The van der Waals surface area contributed by atoms with Crippen molar-refractivity contribution in [3.05, 3.63) is 65.7 Å². The Labute approximate surface area is 149 Å². The number of hydrazone groups is 1. The van der Waals surface area contributed by atoms with Crippen LogP contribution in [0.1, 0.15) is 24.8 Å². The summed E-state index contributed by atoms with van der Waals surface area (Å²) in [7, 11) is 0. The van der Waals surface area contributed by atoms with Crippen LogP contribution in [0.5, 0.6) is 0 Å². The average molecular weight is 357 g/mol. The number of rotatable bonds is 5. The van der Waals surface area contributed by atoms with Gasteiger partial charge in [0.1, 0.15) is 11.6 Å². The van der Waals surface area contributed by atoms with E-state index in [1.165, 1.54) is 5.01 Å². The molecule has 0 atom stereocenters. The van der Waals surface area contributed by atoms with Gasteiger partial charge in [0.2, 0.25) is 11.8 Å². The molecule has 5 nitrogen and oxygen atoms in total. The highest BCUT2D eigenvalue weighted by atomic mass is 19.1. The molecular formula is C19H17F2N3O2. The van der Waals surface area contributed by atoms with Crippen molar-refractivity contribution in [2.45, 2.75) is 19.3 Å². The number of anilines is 1. The third-order valence-corrected chi connectivity index (χ3v) is 3.97. The smallest absolute Gasteiger partial charge is 0.243 e. The maximum Gasteiger partial charge on any atom is 0.243 e. The monoisotopic (exact) mass is 357 g/mol. The summed E-state index contributed by atoms with van der Waals surface area (Å²) in [4.78, 5) is 24.1. The molecule has 0 saturated carbocycles. The summed E-state index contributed by atoms with van der Waals surface area (Å²) in [6, 6.07) is 12.4. The molecule has 0 spiro atoms. The van der Waals surface area contributed by atoms with Gasteiger partial charge in [0, 0.05) is 25.3 Å². The molecule has 2 aromatic carbocycles. The van der Waals surface area contributed by atoms with Gasteiger partial charge in [0.05, 0.1) is 17.9 Å². The van der Waals surface area contributed by atoms with Gasteiger partial charge in [0.15, 0.2) is 0 Å². The number of nitrogens with one attached hydrogen (secondary N) is 1. The summed E-state index contributed by atoms with van der Waals surface area (Å²) < 4.78 is 26.4. The van der Waals surface area contributed by atoms with Gasteiger partial charge in [-0.15, -0.1) is 0 Å². The second kappa shape index (κ2) is 7.86. The molecule has 3 rings (SSSR count). The van der Waals surface area contributed by atoms with E-state index < -0.39 is 17.5 Å². The SMILES string of the molecule is O=C(CCC(=O)N1CCC(c2ccccc2)=N1)Nc1ccc(F)cc1F. The molecule has 134 valence electrons. The number of halogens is 2. The summed E-state index contributed by atoms with van der Waals surface area (Å²) in [5.74, 6) is -2.38. The fourth-order valence-corrected chi connectivity index (χ4v) is 2.62. The van der Waals surface area contributed by atoms with E-state index in [1.54, 1.807) is 0 Å². The van der Waals surface area contributed by atoms with Crippen LogP contribution in [0.25, 0.3) is 0 Å². The largest absolute Gasteiger partial charge is 0.324 e. The fraction of sp³-hybridized carbons (Fsp3) is 0.211. The second-order valence-electron chi connectivity index (χ2n) is 5.85. The highest BCUT2D eigenvalue weighted by Crippen LogP contribution is 2.17. The standard InChI is InChI=1S/C19H17F2N3O2/c20-14-6-7-17(15(21)12-14)22-18(25)8-9-19(26)24-11-10-16(23-24)13-4-2-1-3-5-13/h1-7,12H,8-11H2,(H,22,25). The average Bonchev–Trinajstić information content (AvgIpc) is 3.13. The lowest BCUT2D eigenvalue weighted by atomic mass is 10.1. The van der Waals surface area contributed by atoms with Crippen LogP contribution in [-0.2, 0) is 9.59 Å². The fourth-order valence-electron chi connectivity index (χ4n) is 2.62. The summed E-state index contributed by atoms with van der Waals surface area (Å²) >= 11 is 0. The normalized spacial score (nSPS) is 13.5. The molecule has 1 N–H and O–H groups in total. The topological polar surface area (TPSA) is 61.8 Å². The van der Waals surface area contributed by atoms with Crippen molar-refractivity contribution in [3.8, 4) is 0 Å². The molecule has 0 fully saturated rings. The lowest BCUT2D eigenvalue weighted by molar-refractivity contribution is -0.132. The molecule has 0 bridgehead atoms. The highest BCUT2D eigenvalue weighted by Gasteiger charge is 2.22. The van der Waals surface area contributed by atoms with Crippen LogP contribution in [0, 0.1) is 11.6 Å². The number of nitrogens with zero attached hydrogens (tertiary/aromatic N) is 2. The van der Waals surface area contributed by atoms with Crippen LogP contribution in [0.4, 0.5) is 14.5 Å². The number of carbonyl (C=O) groups excluding carboxylic acids is 2. The van der Waals surface area contributed by atoms with Crippen molar-refractivity contribution in [2.75, 3.05) is 11.9 Å². The van der Waals surface area contributed by atoms with E-state index in [2.05, 4.69) is 10.4 Å². The Morgan fingerprint density at radius 2 is 1.85 bits per heavy atom. The first-order chi connectivity index (χ1) is 12.5. The molecule has 1 aliphatic rings. The molecule has 1 heterocycles. The molecule has 0 radical (unpaired) electrons. The third kappa shape index (κ3) is 4.30. The zero-order chi connectivity index (χ0) is 18.5. The molecule has 0 saturated heterocycles. The Morgan fingerprint density at radius 3 is 2.58 bits per heavy atom. The van der Waals surface area contributed by atoms with Gasteiger partial charge in [-0.3, -0.25) is 9.59 Å². The van der Waals surface area contributed by atoms with Gasteiger partial charge in [-0.2, -0.15) is 5.10 Å². The minimum Gasteiger partial charge on any atom is -0.324 e. The van der Waals surface area contributed by atoms with Gasteiger partial charge in [-0.25, -0.2) is 13.8 Å². The summed E-state index contributed by atoms with van der Waals surface area (Å²) in [6.45, 7) is 0.470. The van der Waals surface area contributed by atoms with E-state index in [-0.39, 0.29) is 24.4 Å². The number of amides is 2. The van der Waals surface area contributed by atoms with Crippen LogP contribution >= 0.6 is 0 Å². The van der Waals surface area contributed by atoms with Crippen molar-refractivity contribution in [3.63, 3.8) is 0 Å². The first kappa shape index (κ1) is 17.7. The van der Waals surface area contributed by atoms with Crippen molar-refractivity contribution in [1.29, 1.82) is 0 Å². The molecule has 26 heavy (non-hydrogen) atoms. The van der Waals surface area contributed by atoms with Crippen LogP contribution in [0.15, 0.2) is 53.6 Å². The molecule has 2 amide bonds. The molecule has 1 aliphatic heterocycles. The Balaban J connectivity index is 1.52. The lowest BCUT2D eigenvalue weighted by Gasteiger charge is -2.11. The number of carbonyl (C=O) groups is 2. The van der Waals surface area contributed by atoms with Crippen LogP contribution in [-0.4, -0.2) is 29.1 Å². The van der Waals surface area contributed by atoms with E-state index in [0.717, 1.165) is 23.4 Å². The Morgan fingerprint density at radius 1 is 1.08 bits per heavy atom. The molecule has 2 aromatic rings. The van der Waals surface area contributed by atoms with Gasteiger partial charge >= 0.3 is 0 Å². The van der Waals surface area contributed by atoms with Gasteiger partial charge in [-0.05, 0) is 17.7 Å². The minimum atomic E-state index is -0.860. The van der Waals surface area contributed by atoms with Crippen molar-refractivity contribution in [2.24, 2.45) is 5.10 Å². The van der Waals surface area contributed by atoms with Crippen molar-refractivity contribution >= 4 is 23.2 Å². The Kier molecular flexibility index (Phi) is 5.36. The van der Waals surface area contributed by atoms with E-state index in [1.807, 2.05) is 30.3 Å². The zero-order valence-electron chi connectivity index (χ0n) is 13.9. The molecular weight excluding hydrogens is 340 g/mol. The summed E-state index contributed by atoms with van der Waals surface area (Å²) in [5.41, 5.74) is 1.68. The Hall–Kier alpha value is -3.09. The summed E-state index contributed by atoms with van der Waals surface area (Å²) in [5, 5.41) is 8.00.